The molecule has 0 saturated carbocycles. The average Bonchev–Trinajstić information content (AvgIpc) is 2.68. The molecule has 2 heterocycles. The van der Waals surface area contributed by atoms with Crippen LogP contribution in [0.15, 0.2) is 40.1 Å². The minimum absolute atomic E-state index is 0.344. The minimum Gasteiger partial charge on any atom is -0.486 e. The predicted molar refractivity (Wildman–Crippen MR) is 96.3 cm³/mol. The first-order chi connectivity index (χ1) is 13.4. The number of ether oxygens (including phenoxy) is 3. The summed E-state index contributed by atoms with van der Waals surface area (Å²) in [5, 5.41) is 2.71. The first-order valence-corrected chi connectivity index (χ1v) is 8.56. The van der Waals surface area contributed by atoms with Crippen LogP contribution in [-0.2, 0) is 20.9 Å². The number of esters is 1. The molecular formula is C18H19N3O7. The van der Waals surface area contributed by atoms with E-state index in [1.165, 1.54) is 6.20 Å². The summed E-state index contributed by atoms with van der Waals surface area (Å²) >= 11 is 0. The lowest BCUT2D eigenvalue weighted by molar-refractivity contribution is -0.149. The van der Waals surface area contributed by atoms with Crippen LogP contribution in [0, 0.1) is 0 Å². The molecule has 2 aromatic rings. The molecule has 2 N–H and O–H groups in total. The number of fused-ring (bicyclic) bond motifs is 1. The van der Waals surface area contributed by atoms with Crippen molar-refractivity contribution < 1.29 is 23.8 Å². The van der Waals surface area contributed by atoms with Gasteiger partial charge in [0.15, 0.2) is 18.1 Å². The van der Waals surface area contributed by atoms with Crippen molar-refractivity contribution in [2.24, 2.45) is 0 Å². The Kier molecular flexibility index (Phi) is 5.78. The molecule has 3 rings (SSSR count). The van der Waals surface area contributed by atoms with E-state index < -0.39 is 36.3 Å². The molecule has 1 aliphatic rings. The summed E-state index contributed by atoms with van der Waals surface area (Å²) in [5.41, 5.74) is -0.494. The van der Waals surface area contributed by atoms with Crippen LogP contribution in [0.3, 0.4) is 0 Å². The number of aromatic amines is 1. The molecule has 1 atom stereocenters. The fourth-order valence-corrected chi connectivity index (χ4v) is 2.60. The van der Waals surface area contributed by atoms with Gasteiger partial charge in [0, 0.05) is 12.3 Å². The third-order valence-electron chi connectivity index (χ3n) is 4.00. The topological polar surface area (TPSA) is 129 Å². The molecule has 10 heteroatoms. The summed E-state index contributed by atoms with van der Waals surface area (Å²) < 4.78 is 16.8. The van der Waals surface area contributed by atoms with E-state index in [0.29, 0.717) is 24.7 Å². The quantitative estimate of drug-likeness (QED) is 0.651. The second-order valence-corrected chi connectivity index (χ2v) is 6.09. The van der Waals surface area contributed by atoms with Gasteiger partial charge in [0.2, 0.25) is 0 Å². The van der Waals surface area contributed by atoms with Gasteiger partial charge in [-0.1, -0.05) is 6.07 Å². The van der Waals surface area contributed by atoms with Crippen molar-refractivity contribution in [2.75, 3.05) is 19.8 Å². The molecule has 0 saturated heterocycles. The number of carbonyl (C=O) groups is 2. The van der Waals surface area contributed by atoms with Crippen LogP contribution in [-0.4, -0.2) is 41.2 Å². The third kappa shape index (κ3) is 4.78. The Labute approximate surface area is 159 Å². The summed E-state index contributed by atoms with van der Waals surface area (Å²) in [6.45, 7) is 1.83. The van der Waals surface area contributed by atoms with Crippen molar-refractivity contribution in [1.82, 2.24) is 14.9 Å². The molecule has 1 amide bonds. The lowest BCUT2D eigenvalue weighted by Crippen LogP contribution is -2.34. The fourth-order valence-electron chi connectivity index (χ4n) is 2.60. The first-order valence-electron chi connectivity index (χ1n) is 8.56. The predicted octanol–water partition coefficient (Wildman–Crippen LogP) is -0.272. The number of carbonyl (C=O) groups excluding carboxylic acids is 2. The van der Waals surface area contributed by atoms with E-state index in [1.807, 2.05) is 11.1 Å². The molecule has 148 valence electrons. The normalized spacial score (nSPS) is 13.5. The van der Waals surface area contributed by atoms with Crippen LogP contribution in [0.5, 0.6) is 11.5 Å². The van der Waals surface area contributed by atoms with Crippen molar-refractivity contribution >= 4 is 11.9 Å². The SMILES string of the molecule is C[C@@H](NC(=O)COC(=O)Cn1ccc(=O)[nH]c1=O)c1ccc2c(c1)OCCO2. The van der Waals surface area contributed by atoms with Gasteiger partial charge in [-0.3, -0.25) is 23.9 Å². The zero-order chi connectivity index (χ0) is 20.1. The fraction of sp³-hybridized carbons (Fsp3) is 0.333. The number of aromatic nitrogens is 2. The lowest BCUT2D eigenvalue weighted by atomic mass is 10.1. The number of amides is 1. The highest BCUT2D eigenvalue weighted by atomic mass is 16.6. The Morgan fingerprint density at radius 3 is 2.71 bits per heavy atom. The van der Waals surface area contributed by atoms with Crippen LogP contribution < -0.4 is 26.0 Å². The molecular weight excluding hydrogens is 370 g/mol. The maximum Gasteiger partial charge on any atom is 0.328 e. The summed E-state index contributed by atoms with van der Waals surface area (Å²) in [7, 11) is 0. The van der Waals surface area contributed by atoms with Crippen LogP contribution >= 0.6 is 0 Å². The van der Waals surface area contributed by atoms with Gasteiger partial charge in [-0.2, -0.15) is 0 Å². The minimum atomic E-state index is -0.781. The average molecular weight is 389 g/mol. The maximum absolute atomic E-state index is 12.0. The molecule has 0 bridgehead atoms. The number of H-pyrrole nitrogens is 1. The molecule has 0 radical (unpaired) electrons. The van der Waals surface area contributed by atoms with Crippen molar-refractivity contribution in [2.45, 2.75) is 19.5 Å². The third-order valence-corrected chi connectivity index (χ3v) is 4.00. The molecule has 1 aromatic carbocycles. The molecule has 28 heavy (non-hydrogen) atoms. The number of nitrogens with zero attached hydrogens (tertiary/aromatic N) is 1. The smallest absolute Gasteiger partial charge is 0.328 e. The second-order valence-electron chi connectivity index (χ2n) is 6.09. The number of hydrogen-bond donors (Lipinski definition) is 2. The van der Waals surface area contributed by atoms with Gasteiger partial charge in [-0.25, -0.2) is 4.79 Å². The number of nitrogens with one attached hydrogen (secondary N) is 2. The highest BCUT2D eigenvalue weighted by molar-refractivity contribution is 5.80. The standard InChI is InChI=1S/C18H19N3O7/c1-11(12-2-3-13-14(8-12)27-7-6-26-13)19-16(23)10-28-17(24)9-21-5-4-15(22)20-18(21)25/h2-5,8,11H,6-7,9-10H2,1H3,(H,19,23)(H,20,22,25)/t11-/m1/s1. The van der Waals surface area contributed by atoms with Gasteiger partial charge < -0.3 is 19.5 Å². The van der Waals surface area contributed by atoms with Gasteiger partial charge >= 0.3 is 11.7 Å². The zero-order valence-electron chi connectivity index (χ0n) is 15.1. The molecule has 0 unspecified atom stereocenters. The van der Waals surface area contributed by atoms with E-state index >= 15 is 0 Å². The van der Waals surface area contributed by atoms with Crippen molar-refractivity contribution in [3.05, 3.63) is 56.9 Å². The molecule has 10 nitrogen and oxygen atoms in total. The monoisotopic (exact) mass is 389 g/mol. The number of hydrogen-bond acceptors (Lipinski definition) is 7. The van der Waals surface area contributed by atoms with Crippen molar-refractivity contribution in [3.63, 3.8) is 0 Å². The Bertz CT molecular complexity index is 995. The Morgan fingerprint density at radius 1 is 1.21 bits per heavy atom. The Hall–Kier alpha value is -3.56. The Morgan fingerprint density at radius 2 is 1.96 bits per heavy atom. The van der Waals surface area contributed by atoms with Gasteiger partial charge in [-0.05, 0) is 24.6 Å². The second kappa shape index (κ2) is 8.42. The largest absolute Gasteiger partial charge is 0.486 e. The van der Waals surface area contributed by atoms with Gasteiger partial charge in [-0.15, -0.1) is 0 Å². The zero-order valence-corrected chi connectivity index (χ0v) is 15.1. The summed E-state index contributed by atoms with van der Waals surface area (Å²) in [6.07, 6.45) is 1.17. The van der Waals surface area contributed by atoms with E-state index in [1.54, 1.807) is 19.1 Å². The van der Waals surface area contributed by atoms with E-state index in [2.05, 4.69) is 5.32 Å². The van der Waals surface area contributed by atoms with E-state index in [9.17, 15) is 19.2 Å². The Balaban J connectivity index is 1.50. The molecule has 0 fully saturated rings. The maximum atomic E-state index is 12.0. The van der Waals surface area contributed by atoms with Crippen molar-refractivity contribution in [3.8, 4) is 11.5 Å². The van der Waals surface area contributed by atoms with Gasteiger partial charge in [0.1, 0.15) is 19.8 Å². The van der Waals surface area contributed by atoms with Crippen LogP contribution in [0.2, 0.25) is 0 Å². The molecule has 0 spiro atoms. The summed E-state index contributed by atoms with van der Waals surface area (Å²) in [5.74, 6) is -0.0107. The van der Waals surface area contributed by atoms with Crippen LogP contribution in [0.1, 0.15) is 18.5 Å². The lowest BCUT2D eigenvalue weighted by Gasteiger charge is -2.21. The van der Waals surface area contributed by atoms with Gasteiger partial charge in [0.05, 0.1) is 6.04 Å². The first kappa shape index (κ1) is 19.2. The van der Waals surface area contributed by atoms with Gasteiger partial charge in [0.25, 0.3) is 11.5 Å². The highest BCUT2D eigenvalue weighted by Crippen LogP contribution is 2.32. The molecule has 0 aliphatic carbocycles. The summed E-state index contributed by atoms with van der Waals surface area (Å²) in [4.78, 5) is 48.3. The van der Waals surface area contributed by atoms with E-state index in [-0.39, 0.29) is 6.04 Å². The number of benzene rings is 1. The number of rotatable bonds is 6. The summed E-state index contributed by atoms with van der Waals surface area (Å²) in [6, 6.07) is 6.13. The van der Waals surface area contributed by atoms with Crippen molar-refractivity contribution in [1.29, 1.82) is 0 Å². The van der Waals surface area contributed by atoms with Crippen LogP contribution in [0.25, 0.3) is 0 Å². The van der Waals surface area contributed by atoms with E-state index in [4.69, 9.17) is 14.2 Å². The highest BCUT2D eigenvalue weighted by Gasteiger charge is 2.16. The molecule has 1 aromatic heterocycles. The van der Waals surface area contributed by atoms with E-state index in [0.717, 1.165) is 16.2 Å². The molecule has 1 aliphatic heterocycles. The van der Waals surface area contributed by atoms with Crippen LogP contribution in [0.4, 0.5) is 0 Å².